The maximum atomic E-state index is 14.3. The Hall–Kier alpha value is -2.53. The van der Waals surface area contributed by atoms with Crippen LogP contribution in [0.25, 0.3) is 5.57 Å². The van der Waals surface area contributed by atoms with Crippen molar-refractivity contribution in [3.05, 3.63) is 64.7 Å². The van der Waals surface area contributed by atoms with E-state index in [9.17, 15) is 9.59 Å². The first-order chi connectivity index (χ1) is 15.2. The topological polar surface area (TPSA) is 40.6 Å². The number of thioether (sulfide) groups is 1. The van der Waals surface area contributed by atoms with Gasteiger partial charge >= 0.3 is 0 Å². The van der Waals surface area contributed by atoms with Gasteiger partial charge in [-0.2, -0.15) is 0 Å². The summed E-state index contributed by atoms with van der Waals surface area (Å²) in [6.45, 7) is 10.5. The van der Waals surface area contributed by atoms with E-state index in [1.807, 2.05) is 17.0 Å². The van der Waals surface area contributed by atoms with Crippen molar-refractivity contribution < 1.29 is 9.59 Å². The number of benzene rings is 2. The van der Waals surface area contributed by atoms with Gasteiger partial charge < -0.3 is 0 Å². The Morgan fingerprint density at radius 2 is 1.75 bits per heavy atom. The fourth-order valence-corrected chi connectivity index (χ4v) is 6.84. The third-order valence-electron chi connectivity index (χ3n) is 6.89. The average Bonchev–Trinajstić information content (AvgIpc) is 3.21. The van der Waals surface area contributed by atoms with Gasteiger partial charge in [-0.3, -0.25) is 19.4 Å². The Labute approximate surface area is 194 Å². The van der Waals surface area contributed by atoms with Crippen LogP contribution in [0.1, 0.15) is 62.8 Å². The van der Waals surface area contributed by atoms with Crippen molar-refractivity contribution in [2.45, 2.75) is 64.3 Å². The third kappa shape index (κ3) is 2.83. The number of carbonyl (C=O) groups is 2. The van der Waals surface area contributed by atoms with Crippen LogP contribution in [0.5, 0.6) is 0 Å². The number of amides is 2. The molecule has 1 unspecified atom stereocenters. The van der Waals surface area contributed by atoms with Crippen LogP contribution < -0.4 is 9.80 Å². The fraction of sp³-hybridized carbons (Fsp3) is 0.407. The first kappa shape index (κ1) is 21.3. The number of hydrogen-bond donors (Lipinski definition) is 0. The van der Waals surface area contributed by atoms with E-state index in [-0.39, 0.29) is 11.8 Å². The summed E-state index contributed by atoms with van der Waals surface area (Å²) in [5.74, 6) is 0.272. The number of unbranched alkanes of at least 4 members (excludes halogenated alkanes) is 1. The summed E-state index contributed by atoms with van der Waals surface area (Å²) < 4.78 is 0. The predicted molar refractivity (Wildman–Crippen MR) is 133 cm³/mol. The van der Waals surface area contributed by atoms with Gasteiger partial charge in [0.05, 0.1) is 17.0 Å². The molecular weight excluding hydrogens is 416 g/mol. The molecule has 1 spiro atoms. The normalized spacial score (nSPS) is 23.2. The lowest BCUT2D eigenvalue weighted by atomic mass is 9.88. The monoisotopic (exact) mass is 446 g/mol. The molecular formula is C27H30N2O2S. The largest absolute Gasteiger partial charge is 0.299 e. The summed E-state index contributed by atoms with van der Waals surface area (Å²) in [4.78, 5) is 30.2. The highest BCUT2D eigenvalue weighted by molar-refractivity contribution is 8.02. The maximum absolute atomic E-state index is 14.3. The summed E-state index contributed by atoms with van der Waals surface area (Å²) in [5.41, 5.74) is 6.91. The molecule has 3 heterocycles. The van der Waals surface area contributed by atoms with Crippen LogP contribution in [-0.2, 0) is 20.9 Å². The number of rotatable bonds is 4. The summed E-state index contributed by atoms with van der Waals surface area (Å²) in [7, 11) is 0. The van der Waals surface area contributed by atoms with Crippen LogP contribution >= 0.6 is 11.8 Å². The van der Waals surface area contributed by atoms with Gasteiger partial charge in [-0.1, -0.05) is 37.6 Å². The molecule has 0 N–H and O–H groups in total. The van der Waals surface area contributed by atoms with Gasteiger partial charge in [-0.15, -0.1) is 11.8 Å². The molecule has 0 saturated carbocycles. The van der Waals surface area contributed by atoms with Crippen molar-refractivity contribution in [2.24, 2.45) is 0 Å². The molecule has 5 heteroatoms. The van der Waals surface area contributed by atoms with Gasteiger partial charge in [0.1, 0.15) is 0 Å². The quantitative estimate of drug-likeness (QED) is 0.595. The van der Waals surface area contributed by atoms with Gasteiger partial charge in [0.25, 0.3) is 5.91 Å². The summed E-state index contributed by atoms with van der Waals surface area (Å²) in [5, 5.41) is 0. The zero-order valence-corrected chi connectivity index (χ0v) is 20.3. The van der Waals surface area contributed by atoms with Crippen LogP contribution in [0, 0.1) is 6.92 Å². The minimum absolute atomic E-state index is 0.0118. The van der Waals surface area contributed by atoms with E-state index < -0.39 is 10.4 Å². The number of anilines is 2. The van der Waals surface area contributed by atoms with Gasteiger partial charge in [0.2, 0.25) is 10.8 Å². The number of fused-ring (bicyclic) bond motifs is 1. The third-order valence-corrected chi connectivity index (χ3v) is 8.28. The molecule has 5 rings (SSSR count). The highest BCUT2D eigenvalue weighted by atomic mass is 32.2. The minimum atomic E-state index is -1.05. The molecule has 2 aromatic rings. The second kappa shape index (κ2) is 7.24. The average molecular weight is 447 g/mol. The first-order valence-electron chi connectivity index (χ1n) is 11.5. The lowest BCUT2D eigenvalue weighted by molar-refractivity contribution is -0.124. The summed E-state index contributed by atoms with van der Waals surface area (Å²) >= 11 is 1.46. The highest BCUT2D eigenvalue weighted by Crippen LogP contribution is 2.60. The van der Waals surface area contributed by atoms with Gasteiger partial charge in [-0.05, 0) is 75.4 Å². The standard InChI is InChI=1S/C27H30N2O2S/c1-6-7-8-19-9-11-20(12-10-19)28-23(30)16-32-27(28)22-14-17(2)13-21-18(3)15-26(4,5)29(24(21)22)25(27)31/h9-15H,6-8,16H2,1-5H3. The Morgan fingerprint density at radius 1 is 1.03 bits per heavy atom. The molecule has 4 nitrogen and oxygen atoms in total. The zero-order valence-electron chi connectivity index (χ0n) is 19.5. The van der Waals surface area contributed by atoms with Crippen molar-refractivity contribution >= 4 is 40.5 Å². The van der Waals surface area contributed by atoms with Crippen LogP contribution in [-0.4, -0.2) is 23.1 Å². The number of nitrogens with zero attached hydrogens (tertiary/aromatic N) is 2. The Morgan fingerprint density at radius 3 is 2.44 bits per heavy atom. The molecule has 1 saturated heterocycles. The fourth-order valence-electron chi connectivity index (χ4n) is 5.51. The molecule has 1 fully saturated rings. The molecule has 2 amide bonds. The minimum Gasteiger partial charge on any atom is -0.299 e. The van der Waals surface area contributed by atoms with Crippen molar-refractivity contribution in [2.75, 3.05) is 15.6 Å². The van der Waals surface area contributed by atoms with Crippen molar-refractivity contribution in [3.8, 4) is 0 Å². The molecule has 0 aromatic heterocycles. The van der Waals surface area contributed by atoms with E-state index in [2.05, 4.69) is 65.0 Å². The summed E-state index contributed by atoms with van der Waals surface area (Å²) in [6.07, 6.45) is 5.50. The van der Waals surface area contributed by atoms with Crippen LogP contribution in [0.15, 0.2) is 42.5 Å². The second-order valence-corrected chi connectivity index (χ2v) is 10.9. The predicted octanol–water partition coefficient (Wildman–Crippen LogP) is 5.81. The van der Waals surface area contributed by atoms with Crippen LogP contribution in [0.2, 0.25) is 0 Å². The van der Waals surface area contributed by atoms with E-state index >= 15 is 0 Å². The number of allylic oxidation sites excluding steroid dienone is 1. The van der Waals surface area contributed by atoms with Gasteiger partial charge in [0.15, 0.2) is 0 Å². The number of aryl methyl sites for hydroxylation is 2. The van der Waals surface area contributed by atoms with Crippen LogP contribution in [0.4, 0.5) is 11.4 Å². The molecule has 0 bridgehead atoms. The zero-order chi connectivity index (χ0) is 22.8. The molecule has 0 radical (unpaired) electrons. The molecule has 32 heavy (non-hydrogen) atoms. The van der Waals surface area contributed by atoms with Gasteiger partial charge in [-0.25, -0.2) is 0 Å². The van der Waals surface area contributed by atoms with Crippen LogP contribution in [0.3, 0.4) is 0 Å². The van der Waals surface area contributed by atoms with Crippen molar-refractivity contribution in [3.63, 3.8) is 0 Å². The Kier molecular flexibility index (Phi) is 4.82. The highest BCUT2D eigenvalue weighted by Gasteiger charge is 2.64. The van der Waals surface area contributed by atoms with E-state index in [1.54, 1.807) is 4.90 Å². The first-order valence-corrected chi connectivity index (χ1v) is 12.4. The van der Waals surface area contributed by atoms with E-state index in [4.69, 9.17) is 0 Å². The van der Waals surface area contributed by atoms with E-state index in [1.165, 1.54) is 22.9 Å². The molecule has 3 aliphatic heterocycles. The SMILES string of the molecule is CCCCc1ccc(N2C(=O)CSC23C(=O)N2c4c(cc(C)cc43)C(C)=CC2(C)C)cc1. The summed E-state index contributed by atoms with van der Waals surface area (Å²) in [6, 6.07) is 12.5. The molecule has 2 aromatic carbocycles. The molecule has 166 valence electrons. The molecule has 1 atom stereocenters. The van der Waals surface area contributed by atoms with Crippen molar-refractivity contribution in [1.82, 2.24) is 0 Å². The Balaban J connectivity index is 1.69. The number of hydrogen-bond acceptors (Lipinski definition) is 3. The Bertz CT molecular complexity index is 1160. The molecule has 3 aliphatic rings. The molecule has 0 aliphatic carbocycles. The van der Waals surface area contributed by atoms with Gasteiger partial charge in [0, 0.05) is 16.8 Å². The lowest BCUT2D eigenvalue weighted by Gasteiger charge is -2.40. The lowest BCUT2D eigenvalue weighted by Crippen LogP contribution is -2.54. The smallest absolute Gasteiger partial charge is 0.269 e. The van der Waals surface area contributed by atoms with E-state index in [0.29, 0.717) is 5.75 Å². The van der Waals surface area contributed by atoms with E-state index in [0.717, 1.165) is 47.3 Å². The second-order valence-electron chi connectivity index (χ2n) is 9.76. The van der Waals surface area contributed by atoms with Crippen molar-refractivity contribution in [1.29, 1.82) is 0 Å². The maximum Gasteiger partial charge on any atom is 0.269 e. The number of carbonyl (C=O) groups excluding carboxylic acids is 2.